The molecule has 140 valence electrons. The third-order valence-electron chi connectivity index (χ3n) is 4.88. The zero-order valence-electron chi connectivity index (χ0n) is 16.1. The highest BCUT2D eigenvalue weighted by Gasteiger charge is 2.12. The van der Waals surface area contributed by atoms with Crippen molar-refractivity contribution in [2.75, 3.05) is 14.2 Å². The van der Waals surface area contributed by atoms with Crippen molar-refractivity contribution in [1.29, 1.82) is 0 Å². The van der Waals surface area contributed by atoms with Crippen LogP contribution >= 0.6 is 0 Å². The van der Waals surface area contributed by atoms with Crippen LogP contribution in [0, 0.1) is 0 Å². The summed E-state index contributed by atoms with van der Waals surface area (Å²) in [5.41, 5.74) is 5.91. The molecule has 0 spiro atoms. The second-order valence-corrected chi connectivity index (χ2v) is 6.66. The Kier molecular flexibility index (Phi) is 5.16. The normalized spacial score (nSPS) is 10.6. The lowest BCUT2D eigenvalue weighted by molar-refractivity contribution is 0.355. The van der Waals surface area contributed by atoms with Gasteiger partial charge in [-0.1, -0.05) is 66.7 Å². The molecule has 0 N–H and O–H groups in total. The first-order chi connectivity index (χ1) is 13.8. The summed E-state index contributed by atoms with van der Waals surface area (Å²) >= 11 is 0. The third kappa shape index (κ3) is 3.65. The minimum Gasteiger partial charge on any atom is -0.493 e. The third-order valence-corrected chi connectivity index (χ3v) is 4.88. The Morgan fingerprint density at radius 2 is 1.32 bits per heavy atom. The van der Waals surface area contributed by atoms with Crippen LogP contribution in [0.15, 0.2) is 91.1 Å². The van der Waals surface area contributed by atoms with E-state index >= 15 is 0 Å². The standard InChI is InChI=1S/C25H23NO2/c1-27-24-14-13-21(16-25(24)28-2)22-15-23(20-11-7-4-8-12-20)26(18-22)17-19-9-5-3-6-10-19/h3-16,18H,17H2,1-2H3. The number of ether oxygens (including phenoxy) is 2. The first-order valence-electron chi connectivity index (χ1n) is 9.30. The van der Waals surface area contributed by atoms with E-state index in [1.165, 1.54) is 16.8 Å². The van der Waals surface area contributed by atoms with Gasteiger partial charge in [0.1, 0.15) is 0 Å². The van der Waals surface area contributed by atoms with E-state index in [-0.39, 0.29) is 0 Å². The summed E-state index contributed by atoms with van der Waals surface area (Å²) in [4.78, 5) is 0. The summed E-state index contributed by atoms with van der Waals surface area (Å²) in [5.74, 6) is 1.47. The van der Waals surface area contributed by atoms with Crippen molar-refractivity contribution in [2.45, 2.75) is 6.54 Å². The van der Waals surface area contributed by atoms with Gasteiger partial charge in [-0.2, -0.15) is 0 Å². The highest BCUT2D eigenvalue weighted by Crippen LogP contribution is 2.35. The van der Waals surface area contributed by atoms with Crippen LogP contribution in [-0.2, 0) is 6.54 Å². The molecule has 3 heteroatoms. The number of aromatic nitrogens is 1. The van der Waals surface area contributed by atoms with Crippen LogP contribution in [0.25, 0.3) is 22.4 Å². The first kappa shape index (κ1) is 17.9. The Morgan fingerprint density at radius 3 is 2.00 bits per heavy atom. The molecule has 0 saturated heterocycles. The van der Waals surface area contributed by atoms with Crippen molar-refractivity contribution < 1.29 is 9.47 Å². The molecule has 4 rings (SSSR count). The SMILES string of the molecule is COc1ccc(-c2cc(-c3ccccc3)n(Cc3ccccc3)c2)cc1OC. The zero-order chi connectivity index (χ0) is 19.3. The van der Waals surface area contributed by atoms with Gasteiger partial charge in [0.05, 0.1) is 14.2 Å². The largest absolute Gasteiger partial charge is 0.493 e. The van der Waals surface area contributed by atoms with E-state index in [0.29, 0.717) is 0 Å². The monoisotopic (exact) mass is 369 g/mol. The van der Waals surface area contributed by atoms with Crippen molar-refractivity contribution in [3.8, 4) is 33.9 Å². The van der Waals surface area contributed by atoms with E-state index in [1.807, 2.05) is 24.3 Å². The van der Waals surface area contributed by atoms with Gasteiger partial charge in [0.15, 0.2) is 11.5 Å². The molecule has 0 radical (unpaired) electrons. The van der Waals surface area contributed by atoms with Crippen LogP contribution in [-0.4, -0.2) is 18.8 Å². The molecule has 0 saturated carbocycles. The second-order valence-electron chi connectivity index (χ2n) is 6.66. The summed E-state index contributed by atoms with van der Waals surface area (Å²) < 4.78 is 13.2. The lowest BCUT2D eigenvalue weighted by atomic mass is 10.1. The average Bonchev–Trinajstić information content (AvgIpc) is 3.18. The molecule has 0 bridgehead atoms. The maximum absolute atomic E-state index is 5.48. The molecule has 0 unspecified atom stereocenters. The first-order valence-corrected chi connectivity index (χ1v) is 9.30. The van der Waals surface area contributed by atoms with Gasteiger partial charge < -0.3 is 14.0 Å². The van der Waals surface area contributed by atoms with Crippen molar-refractivity contribution in [3.63, 3.8) is 0 Å². The predicted molar refractivity (Wildman–Crippen MR) is 114 cm³/mol. The lowest BCUT2D eigenvalue weighted by Gasteiger charge is -2.09. The minimum absolute atomic E-state index is 0.733. The maximum Gasteiger partial charge on any atom is 0.161 e. The van der Waals surface area contributed by atoms with Gasteiger partial charge in [-0.05, 0) is 34.9 Å². The average molecular weight is 369 g/mol. The minimum atomic E-state index is 0.733. The molecule has 0 aliphatic carbocycles. The predicted octanol–water partition coefficient (Wildman–Crippen LogP) is 5.89. The molecular formula is C25H23NO2. The summed E-state index contributed by atoms with van der Waals surface area (Å²) in [6.45, 7) is 0.818. The van der Waals surface area contributed by atoms with E-state index in [9.17, 15) is 0 Å². The summed E-state index contributed by atoms with van der Waals surface area (Å²) in [7, 11) is 3.32. The van der Waals surface area contributed by atoms with Gasteiger partial charge in [0.25, 0.3) is 0 Å². The van der Waals surface area contributed by atoms with Crippen molar-refractivity contribution in [3.05, 3.63) is 96.7 Å². The number of hydrogen-bond acceptors (Lipinski definition) is 2. The fraction of sp³-hybridized carbons (Fsp3) is 0.120. The number of benzene rings is 3. The van der Waals surface area contributed by atoms with Gasteiger partial charge in [0.2, 0.25) is 0 Å². The molecule has 0 amide bonds. The van der Waals surface area contributed by atoms with E-state index < -0.39 is 0 Å². The van der Waals surface area contributed by atoms with E-state index in [2.05, 4.69) is 71.4 Å². The number of methoxy groups -OCH3 is 2. The Hall–Kier alpha value is -3.46. The van der Waals surface area contributed by atoms with Gasteiger partial charge in [-0.25, -0.2) is 0 Å². The Labute approximate surface area is 165 Å². The molecule has 0 aliphatic heterocycles. The van der Waals surface area contributed by atoms with Crippen LogP contribution in [0.1, 0.15) is 5.56 Å². The quantitative estimate of drug-likeness (QED) is 0.423. The Bertz CT molecular complexity index is 1050. The zero-order valence-corrected chi connectivity index (χ0v) is 16.1. The molecule has 3 aromatic carbocycles. The van der Waals surface area contributed by atoms with Gasteiger partial charge in [-0.3, -0.25) is 0 Å². The maximum atomic E-state index is 5.48. The van der Waals surface area contributed by atoms with Crippen molar-refractivity contribution >= 4 is 0 Å². The summed E-state index contributed by atoms with van der Waals surface area (Å²) in [6.07, 6.45) is 2.20. The highest BCUT2D eigenvalue weighted by atomic mass is 16.5. The van der Waals surface area contributed by atoms with E-state index in [0.717, 1.165) is 29.2 Å². The summed E-state index contributed by atoms with van der Waals surface area (Å²) in [6, 6.07) is 29.3. The molecule has 0 atom stereocenters. The smallest absolute Gasteiger partial charge is 0.161 e. The highest BCUT2D eigenvalue weighted by molar-refractivity contribution is 5.74. The van der Waals surface area contributed by atoms with Crippen LogP contribution in [0.3, 0.4) is 0 Å². The van der Waals surface area contributed by atoms with Gasteiger partial charge in [0, 0.05) is 24.0 Å². The van der Waals surface area contributed by atoms with Crippen LogP contribution in [0.5, 0.6) is 11.5 Å². The van der Waals surface area contributed by atoms with E-state index in [1.54, 1.807) is 14.2 Å². The van der Waals surface area contributed by atoms with Gasteiger partial charge >= 0.3 is 0 Å². The fourth-order valence-corrected chi connectivity index (χ4v) is 3.45. The topological polar surface area (TPSA) is 23.4 Å². The molecule has 0 aliphatic rings. The fourth-order valence-electron chi connectivity index (χ4n) is 3.45. The molecule has 3 nitrogen and oxygen atoms in total. The Balaban J connectivity index is 1.79. The molecule has 4 aromatic rings. The number of hydrogen-bond donors (Lipinski definition) is 0. The Morgan fingerprint density at radius 1 is 0.643 bits per heavy atom. The van der Waals surface area contributed by atoms with Gasteiger partial charge in [-0.15, -0.1) is 0 Å². The van der Waals surface area contributed by atoms with Crippen LogP contribution in [0.2, 0.25) is 0 Å². The second kappa shape index (κ2) is 8.05. The molecule has 1 aromatic heterocycles. The molecule has 28 heavy (non-hydrogen) atoms. The van der Waals surface area contributed by atoms with Crippen molar-refractivity contribution in [1.82, 2.24) is 4.57 Å². The number of rotatable bonds is 6. The van der Waals surface area contributed by atoms with E-state index in [4.69, 9.17) is 9.47 Å². The number of nitrogens with zero attached hydrogens (tertiary/aromatic N) is 1. The van der Waals surface area contributed by atoms with Crippen LogP contribution in [0.4, 0.5) is 0 Å². The molecule has 1 heterocycles. The molecular weight excluding hydrogens is 346 g/mol. The van der Waals surface area contributed by atoms with Crippen molar-refractivity contribution in [2.24, 2.45) is 0 Å². The van der Waals surface area contributed by atoms with Crippen LogP contribution < -0.4 is 9.47 Å². The lowest BCUT2D eigenvalue weighted by Crippen LogP contribution is -1.99. The summed E-state index contributed by atoms with van der Waals surface area (Å²) in [5, 5.41) is 0. The molecule has 0 fully saturated rings.